The molecule has 0 amide bonds. The summed E-state index contributed by atoms with van der Waals surface area (Å²) in [5, 5.41) is 0. The van der Waals surface area contributed by atoms with Crippen molar-refractivity contribution in [3.05, 3.63) is 36.8 Å². The van der Waals surface area contributed by atoms with Gasteiger partial charge in [0.2, 0.25) is 0 Å². The van der Waals surface area contributed by atoms with E-state index in [1.54, 1.807) is 7.11 Å². The maximum absolute atomic E-state index is 5.76. The first kappa shape index (κ1) is 11.4. The largest absolute Gasteiger partial charge is 0.497 e. The molecule has 1 heterocycles. The van der Waals surface area contributed by atoms with Crippen LogP contribution in [0.4, 0.5) is 0 Å². The van der Waals surface area contributed by atoms with Gasteiger partial charge in [0, 0.05) is 5.56 Å². The molecular formula is C13H16O3. The minimum atomic E-state index is -0.304. The molecule has 1 aliphatic rings. The first-order valence-electron chi connectivity index (χ1n) is 5.37. The molecule has 3 heteroatoms. The van der Waals surface area contributed by atoms with Crippen molar-refractivity contribution in [1.29, 1.82) is 0 Å². The molecule has 86 valence electrons. The lowest BCUT2D eigenvalue weighted by Gasteiger charge is -2.14. The second kappa shape index (κ2) is 4.85. The molecule has 3 nitrogen and oxygen atoms in total. The van der Waals surface area contributed by atoms with Crippen molar-refractivity contribution < 1.29 is 14.2 Å². The molecule has 0 N–H and O–H groups in total. The summed E-state index contributed by atoms with van der Waals surface area (Å²) in [6, 6.07) is 7.66. The van der Waals surface area contributed by atoms with Crippen LogP contribution >= 0.6 is 0 Å². The SMILES string of the molecule is [CH]C(C)C1COC(c2ccc(OC)cc2)O1. The maximum atomic E-state index is 5.76. The molecular weight excluding hydrogens is 204 g/mol. The van der Waals surface area contributed by atoms with Crippen molar-refractivity contribution in [2.75, 3.05) is 13.7 Å². The van der Waals surface area contributed by atoms with E-state index in [1.807, 2.05) is 31.2 Å². The Morgan fingerprint density at radius 3 is 2.56 bits per heavy atom. The lowest BCUT2D eigenvalue weighted by atomic mass is 10.1. The van der Waals surface area contributed by atoms with Gasteiger partial charge in [-0.25, -0.2) is 0 Å². The Kier molecular flexibility index (Phi) is 3.46. The summed E-state index contributed by atoms with van der Waals surface area (Å²) >= 11 is 0. The molecule has 2 rings (SSSR count). The van der Waals surface area contributed by atoms with E-state index < -0.39 is 0 Å². The fraction of sp³-hybridized carbons (Fsp3) is 0.462. The van der Waals surface area contributed by atoms with Crippen LogP contribution in [0.3, 0.4) is 0 Å². The van der Waals surface area contributed by atoms with E-state index in [9.17, 15) is 0 Å². The van der Waals surface area contributed by atoms with Crippen LogP contribution in [0.15, 0.2) is 24.3 Å². The molecule has 1 aliphatic heterocycles. The summed E-state index contributed by atoms with van der Waals surface area (Å²) in [4.78, 5) is 0. The number of hydrogen-bond donors (Lipinski definition) is 0. The van der Waals surface area contributed by atoms with Gasteiger partial charge in [-0.3, -0.25) is 0 Å². The van der Waals surface area contributed by atoms with Crippen LogP contribution in [-0.4, -0.2) is 19.8 Å². The van der Waals surface area contributed by atoms with Gasteiger partial charge in [0.1, 0.15) is 5.75 Å². The van der Waals surface area contributed by atoms with Gasteiger partial charge in [0.15, 0.2) is 6.29 Å². The summed E-state index contributed by atoms with van der Waals surface area (Å²) < 4.78 is 16.3. The molecule has 0 aliphatic carbocycles. The quantitative estimate of drug-likeness (QED) is 0.783. The predicted octanol–water partition coefficient (Wildman–Crippen LogP) is 2.46. The van der Waals surface area contributed by atoms with E-state index in [0.29, 0.717) is 6.61 Å². The van der Waals surface area contributed by atoms with Crippen molar-refractivity contribution in [1.82, 2.24) is 0 Å². The van der Waals surface area contributed by atoms with Gasteiger partial charge < -0.3 is 14.2 Å². The average molecular weight is 220 g/mol. The normalized spacial score (nSPS) is 25.0. The summed E-state index contributed by atoms with van der Waals surface area (Å²) in [5.74, 6) is 0.814. The Bertz CT molecular complexity index is 332. The van der Waals surface area contributed by atoms with Crippen LogP contribution in [0.5, 0.6) is 5.75 Å². The minimum absolute atomic E-state index is 0.0109. The summed E-state index contributed by atoms with van der Waals surface area (Å²) in [6.07, 6.45) is -0.325. The van der Waals surface area contributed by atoms with Crippen molar-refractivity contribution in [2.24, 2.45) is 5.92 Å². The molecule has 1 saturated heterocycles. The van der Waals surface area contributed by atoms with Crippen LogP contribution in [-0.2, 0) is 9.47 Å². The molecule has 0 aromatic heterocycles. The minimum Gasteiger partial charge on any atom is -0.497 e. The third-order valence-electron chi connectivity index (χ3n) is 2.68. The number of hydrogen-bond acceptors (Lipinski definition) is 3. The Labute approximate surface area is 96.3 Å². The topological polar surface area (TPSA) is 27.7 Å². The van der Waals surface area contributed by atoms with E-state index in [4.69, 9.17) is 21.1 Å². The molecule has 0 bridgehead atoms. The Morgan fingerprint density at radius 1 is 1.38 bits per heavy atom. The molecule has 3 atom stereocenters. The van der Waals surface area contributed by atoms with Crippen molar-refractivity contribution in [2.45, 2.75) is 19.3 Å². The molecule has 0 saturated carbocycles. The molecule has 16 heavy (non-hydrogen) atoms. The molecule has 1 aromatic rings. The number of methoxy groups -OCH3 is 1. The third kappa shape index (κ3) is 2.36. The second-order valence-electron chi connectivity index (χ2n) is 3.97. The van der Waals surface area contributed by atoms with Crippen molar-refractivity contribution >= 4 is 0 Å². The first-order chi connectivity index (χ1) is 7.70. The van der Waals surface area contributed by atoms with Gasteiger partial charge in [0.05, 0.1) is 19.8 Å². The van der Waals surface area contributed by atoms with E-state index >= 15 is 0 Å². The summed E-state index contributed by atoms with van der Waals surface area (Å²) in [5.41, 5.74) is 0.990. The van der Waals surface area contributed by atoms with Crippen LogP contribution in [0, 0.1) is 12.8 Å². The summed E-state index contributed by atoms with van der Waals surface area (Å²) in [6.45, 7) is 8.23. The van der Waals surface area contributed by atoms with E-state index in [-0.39, 0.29) is 18.3 Å². The van der Waals surface area contributed by atoms with Crippen LogP contribution < -0.4 is 4.74 Å². The predicted molar refractivity (Wildman–Crippen MR) is 60.0 cm³/mol. The van der Waals surface area contributed by atoms with E-state index in [2.05, 4.69) is 0 Å². The maximum Gasteiger partial charge on any atom is 0.184 e. The van der Waals surface area contributed by atoms with E-state index in [1.165, 1.54) is 0 Å². The molecule has 1 aromatic carbocycles. The highest BCUT2D eigenvalue weighted by atomic mass is 16.7. The van der Waals surface area contributed by atoms with Gasteiger partial charge in [0.25, 0.3) is 0 Å². The monoisotopic (exact) mass is 220 g/mol. The zero-order valence-electron chi connectivity index (χ0n) is 9.55. The molecule has 1 fully saturated rings. The van der Waals surface area contributed by atoms with Gasteiger partial charge in [-0.15, -0.1) is 0 Å². The van der Waals surface area contributed by atoms with Gasteiger partial charge in [-0.1, -0.05) is 19.1 Å². The summed E-state index contributed by atoms with van der Waals surface area (Å²) in [7, 11) is 1.64. The van der Waals surface area contributed by atoms with E-state index in [0.717, 1.165) is 11.3 Å². The lowest BCUT2D eigenvalue weighted by Crippen LogP contribution is -2.17. The van der Waals surface area contributed by atoms with Gasteiger partial charge >= 0.3 is 0 Å². The molecule has 2 radical (unpaired) electrons. The fourth-order valence-corrected chi connectivity index (χ4v) is 1.63. The smallest absolute Gasteiger partial charge is 0.184 e. The van der Waals surface area contributed by atoms with Crippen LogP contribution in [0.1, 0.15) is 18.8 Å². The fourth-order valence-electron chi connectivity index (χ4n) is 1.63. The number of ether oxygens (including phenoxy) is 3. The average Bonchev–Trinajstić information content (AvgIpc) is 2.78. The Balaban J connectivity index is 2.03. The number of benzene rings is 1. The zero-order valence-corrected chi connectivity index (χ0v) is 9.55. The number of rotatable bonds is 3. The Morgan fingerprint density at radius 2 is 2.06 bits per heavy atom. The highest BCUT2D eigenvalue weighted by Gasteiger charge is 2.29. The Hall–Kier alpha value is -1.06. The molecule has 3 unspecified atom stereocenters. The highest BCUT2D eigenvalue weighted by Crippen LogP contribution is 2.30. The van der Waals surface area contributed by atoms with Crippen LogP contribution in [0.2, 0.25) is 0 Å². The van der Waals surface area contributed by atoms with Crippen LogP contribution in [0.25, 0.3) is 0 Å². The third-order valence-corrected chi connectivity index (χ3v) is 2.68. The van der Waals surface area contributed by atoms with Crippen molar-refractivity contribution in [3.63, 3.8) is 0 Å². The van der Waals surface area contributed by atoms with Gasteiger partial charge in [-0.05, 0) is 25.0 Å². The lowest BCUT2D eigenvalue weighted by molar-refractivity contribution is -0.0654. The standard InChI is InChI=1S/C13H16O3/c1-9(2)12-8-15-13(16-12)10-4-6-11(14-3)7-5-10/h1,4-7,9,12-13H,8H2,2-3H3. The van der Waals surface area contributed by atoms with Gasteiger partial charge in [-0.2, -0.15) is 0 Å². The zero-order chi connectivity index (χ0) is 11.5. The van der Waals surface area contributed by atoms with Crippen molar-refractivity contribution in [3.8, 4) is 5.75 Å². The second-order valence-corrected chi connectivity index (χ2v) is 3.97. The first-order valence-corrected chi connectivity index (χ1v) is 5.37. The molecule has 0 spiro atoms. The highest BCUT2D eigenvalue weighted by molar-refractivity contribution is 5.28.